The Bertz CT molecular complexity index is 1110. The predicted molar refractivity (Wildman–Crippen MR) is 130 cm³/mol. The second-order valence-corrected chi connectivity index (χ2v) is 9.65. The summed E-state index contributed by atoms with van der Waals surface area (Å²) in [6.07, 6.45) is 3.49. The van der Waals surface area contributed by atoms with Crippen LogP contribution >= 0.6 is 11.3 Å². The number of fused-ring (bicyclic) bond motifs is 1. The molecule has 1 atom stereocenters. The van der Waals surface area contributed by atoms with Gasteiger partial charge >= 0.3 is 0 Å². The van der Waals surface area contributed by atoms with Crippen LogP contribution in [0.3, 0.4) is 0 Å². The number of anilines is 1. The van der Waals surface area contributed by atoms with E-state index < -0.39 is 0 Å². The Kier molecular flexibility index (Phi) is 6.60. The number of nitrogens with one attached hydrogen (secondary N) is 1. The maximum atomic E-state index is 12.4. The third-order valence-corrected chi connectivity index (χ3v) is 7.03. The topological polar surface area (TPSA) is 63.7 Å². The summed E-state index contributed by atoms with van der Waals surface area (Å²) in [5.74, 6) is 1.66. The van der Waals surface area contributed by atoms with Crippen molar-refractivity contribution in [2.24, 2.45) is 0 Å². The van der Waals surface area contributed by atoms with E-state index in [1.165, 1.54) is 11.1 Å². The monoisotopic (exact) mass is 463 g/mol. The summed E-state index contributed by atoms with van der Waals surface area (Å²) in [7, 11) is 0. The number of benzene rings is 2. The smallest absolute Gasteiger partial charge is 0.231 e. The molecule has 2 aliphatic rings. The van der Waals surface area contributed by atoms with Gasteiger partial charge in [0.15, 0.2) is 11.5 Å². The minimum absolute atomic E-state index is 0.0361. The fourth-order valence-corrected chi connectivity index (χ4v) is 5.25. The van der Waals surface area contributed by atoms with E-state index in [4.69, 9.17) is 14.5 Å². The van der Waals surface area contributed by atoms with Crippen LogP contribution in [0.15, 0.2) is 47.8 Å². The highest BCUT2D eigenvalue weighted by molar-refractivity contribution is 7.09. The van der Waals surface area contributed by atoms with Gasteiger partial charge in [-0.05, 0) is 56.1 Å². The highest BCUT2D eigenvalue weighted by Crippen LogP contribution is 2.38. The van der Waals surface area contributed by atoms with Crippen molar-refractivity contribution in [1.29, 1.82) is 0 Å². The quantitative estimate of drug-likeness (QED) is 0.549. The van der Waals surface area contributed by atoms with Gasteiger partial charge in [-0.15, -0.1) is 11.3 Å². The Morgan fingerprint density at radius 1 is 1.12 bits per heavy atom. The summed E-state index contributed by atoms with van der Waals surface area (Å²) in [5.41, 5.74) is 4.28. The molecule has 1 N–H and O–H groups in total. The molecular formula is C26H29N3O3S. The molecule has 6 nitrogen and oxygen atoms in total. The van der Waals surface area contributed by atoms with Crippen molar-refractivity contribution < 1.29 is 14.3 Å². The van der Waals surface area contributed by atoms with Crippen LogP contribution < -0.4 is 14.8 Å². The van der Waals surface area contributed by atoms with Crippen LogP contribution in [0.1, 0.15) is 47.1 Å². The Labute approximate surface area is 198 Å². The third kappa shape index (κ3) is 5.37. The lowest BCUT2D eigenvalue weighted by Gasteiger charge is -2.24. The number of rotatable bonds is 6. The molecule has 5 rings (SSSR count). The van der Waals surface area contributed by atoms with E-state index in [-0.39, 0.29) is 5.91 Å². The van der Waals surface area contributed by atoms with Crippen molar-refractivity contribution in [3.8, 4) is 11.5 Å². The van der Waals surface area contributed by atoms with Gasteiger partial charge in [0.1, 0.15) is 5.01 Å². The zero-order chi connectivity index (χ0) is 22.6. The summed E-state index contributed by atoms with van der Waals surface area (Å²) in [4.78, 5) is 19.7. The van der Waals surface area contributed by atoms with Gasteiger partial charge in [-0.2, -0.15) is 0 Å². The second kappa shape index (κ2) is 9.93. The number of hydrogen-bond donors (Lipinski definition) is 1. The molecule has 0 bridgehead atoms. The molecule has 1 amide bonds. The summed E-state index contributed by atoms with van der Waals surface area (Å²) < 4.78 is 11.7. The standard InChI is InChI=1S/C26H29N3O3S/c1-18-5-8-20(9-6-18)27-25(30)15-26-28-21(17-33-26)16-29-11-2-4-22(29)19-7-10-23-24(14-19)32-13-3-12-31-23/h5-10,14,17,22H,2-4,11-13,15-16H2,1H3,(H,27,30)/t22-/m0/s1. The highest BCUT2D eigenvalue weighted by Gasteiger charge is 2.28. The molecule has 0 aliphatic carbocycles. The zero-order valence-corrected chi connectivity index (χ0v) is 19.7. The van der Waals surface area contributed by atoms with Gasteiger partial charge in [0.2, 0.25) is 5.91 Å². The number of nitrogens with zero attached hydrogens (tertiary/aromatic N) is 2. The normalized spacial score (nSPS) is 18.2. The molecule has 3 heterocycles. The van der Waals surface area contributed by atoms with Crippen molar-refractivity contribution >= 4 is 22.9 Å². The third-order valence-electron chi connectivity index (χ3n) is 6.13. The van der Waals surface area contributed by atoms with Crippen LogP contribution in [0.2, 0.25) is 0 Å². The Morgan fingerprint density at radius 2 is 1.94 bits per heavy atom. The maximum Gasteiger partial charge on any atom is 0.231 e. The molecular weight excluding hydrogens is 434 g/mol. The SMILES string of the molecule is Cc1ccc(NC(=O)Cc2nc(CN3CCC[C@H]3c3ccc4c(c3)OCCCO4)cs2)cc1. The minimum Gasteiger partial charge on any atom is -0.490 e. The summed E-state index contributed by atoms with van der Waals surface area (Å²) in [5, 5.41) is 5.88. The predicted octanol–water partition coefficient (Wildman–Crippen LogP) is 5.13. The van der Waals surface area contributed by atoms with Crippen LogP contribution in [0.25, 0.3) is 0 Å². The number of hydrogen-bond acceptors (Lipinski definition) is 6. The van der Waals surface area contributed by atoms with Crippen LogP contribution in [0, 0.1) is 6.92 Å². The highest BCUT2D eigenvalue weighted by atomic mass is 32.1. The molecule has 0 saturated carbocycles. The molecule has 33 heavy (non-hydrogen) atoms. The van der Waals surface area contributed by atoms with Crippen LogP contribution in [0.4, 0.5) is 5.69 Å². The first-order chi connectivity index (χ1) is 16.1. The second-order valence-electron chi connectivity index (χ2n) is 8.71. The molecule has 7 heteroatoms. The van der Waals surface area contributed by atoms with Gasteiger partial charge in [-0.3, -0.25) is 9.69 Å². The van der Waals surface area contributed by atoms with E-state index in [1.807, 2.05) is 37.3 Å². The number of amides is 1. The lowest BCUT2D eigenvalue weighted by atomic mass is 10.0. The maximum absolute atomic E-state index is 12.4. The first-order valence-corrected chi connectivity index (χ1v) is 12.5. The van der Waals surface area contributed by atoms with E-state index in [0.29, 0.717) is 25.7 Å². The average Bonchev–Trinajstić information content (AvgIpc) is 3.38. The van der Waals surface area contributed by atoms with Gasteiger partial charge in [-0.25, -0.2) is 4.98 Å². The lowest BCUT2D eigenvalue weighted by molar-refractivity contribution is -0.115. The van der Waals surface area contributed by atoms with E-state index in [1.54, 1.807) is 11.3 Å². The Hall–Kier alpha value is -2.90. The fourth-order valence-electron chi connectivity index (χ4n) is 4.47. The molecule has 3 aromatic rings. The summed E-state index contributed by atoms with van der Waals surface area (Å²) in [6.45, 7) is 5.26. The first-order valence-electron chi connectivity index (χ1n) is 11.6. The molecule has 0 spiro atoms. The molecule has 172 valence electrons. The van der Waals surface area contributed by atoms with Gasteiger partial charge in [0.25, 0.3) is 0 Å². The zero-order valence-electron chi connectivity index (χ0n) is 18.9. The number of aryl methyl sites for hydroxylation is 1. The number of likely N-dealkylation sites (tertiary alicyclic amines) is 1. The lowest BCUT2D eigenvalue weighted by Crippen LogP contribution is -2.23. The number of thiazole rings is 1. The fraction of sp³-hybridized carbons (Fsp3) is 0.385. The van der Waals surface area contributed by atoms with Crippen molar-refractivity contribution in [2.75, 3.05) is 25.1 Å². The van der Waals surface area contributed by atoms with Crippen LogP contribution in [0.5, 0.6) is 11.5 Å². The number of carbonyl (C=O) groups excluding carboxylic acids is 1. The Balaban J connectivity index is 1.21. The number of ether oxygens (including phenoxy) is 2. The number of aromatic nitrogens is 1. The average molecular weight is 464 g/mol. The van der Waals surface area contributed by atoms with Crippen LogP contribution in [-0.2, 0) is 17.8 Å². The van der Waals surface area contributed by atoms with Gasteiger partial charge in [0.05, 0.1) is 25.3 Å². The van der Waals surface area contributed by atoms with Crippen molar-refractivity contribution in [3.63, 3.8) is 0 Å². The Morgan fingerprint density at radius 3 is 2.79 bits per heavy atom. The minimum atomic E-state index is -0.0361. The molecule has 1 aromatic heterocycles. The molecule has 2 aliphatic heterocycles. The molecule has 1 saturated heterocycles. The van der Waals surface area contributed by atoms with Crippen molar-refractivity contribution in [1.82, 2.24) is 9.88 Å². The van der Waals surface area contributed by atoms with Crippen molar-refractivity contribution in [2.45, 2.75) is 45.2 Å². The van der Waals surface area contributed by atoms with E-state index >= 15 is 0 Å². The van der Waals surface area contributed by atoms with E-state index in [2.05, 4.69) is 27.7 Å². The van der Waals surface area contributed by atoms with Crippen molar-refractivity contribution in [3.05, 3.63) is 69.7 Å². The first kappa shape index (κ1) is 21.9. The van der Waals surface area contributed by atoms with Gasteiger partial charge in [-0.1, -0.05) is 23.8 Å². The largest absolute Gasteiger partial charge is 0.490 e. The van der Waals surface area contributed by atoms with E-state index in [0.717, 1.165) is 60.2 Å². The summed E-state index contributed by atoms with van der Waals surface area (Å²) in [6, 6.07) is 14.5. The number of carbonyl (C=O) groups is 1. The molecule has 1 fully saturated rings. The van der Waals surface area contributed by atoms with E-state index in [9.17, 15) is 4.79 Å². The van der Waals surface area contributed by atoms with Crippen LogP contribution in [-0.4, -0.2) is 35.5 Å². The summed E-state index contributed by atoms with van der Waals surface area (Å²) >= 11 is 1.56. The van der Waals surface area contributed by atoms with Gasteiger partial charge < -0.3 is 14.8 Å². The molecule has 2 aromatic carbocycles. The molecule has 0 radical (unpaired) electrons. The molecule has 0 unspecified atom stereocenters. The van der Waals surface area contributed by atoms with Gasteiger partial charge in [0, 0.05) is 30.1 Å².